The van der Waals surface area contributed by atoms with E-state index in [4.69, 9.17) is 10.5 Å². The number of fused-ring (bicyclic) bond motifs is 1. The van der Waals surface area contributed by atoms with Crippen molar-refractivity contribution >= 4 is 34.1 Å². The van der Waals surface area contributed by atoms with E-state index in [1.807, 2.05) is 0 Å². The van der Waals surface area contributed by atoms with Gasteiger partial charge in [0.05, 0.1) is 16.7 Å². The van der Waals surface area contributed by atoms with Crippen molar-refractivity contribution in [2.45, 2.75) is 25.4 Å². The summed E-state index contributed by atoms with van der Waals surface area (Å²) in [5, 5.41) is 2.82. The molecule has 148 valence electrons. The van der Waals surface area contributed by atoms with Crippen LogP contribution in [0.3, 0.4) is 0 Å². The number of halogens is 3. The number of thiophene rings is 1. The van der Waals surface area contributed by atoms with E-state index in [1.54, 1.807) is 0 Å². The third kappa shape index (κ3) is 4.16. The van der Waals surface area contributed by atoms with Crippen molar-refractivity contribution in [2.24, 2.45) is 5.73 Å². The minimum Gasteiger partial charge on any atom is -0.452 e. The molecular formula is C18H15F3N2O4S. The molecule has 6 nitrogen and oxygen atoms in total. The smallest absolute Gasteiger partial charge is 0.416 e. The molecule has 0 saturated carbocycles. The van der Waals surface area contributed by atoms with Crippen LogP contribution in [0, 0.1) is 0 Å². The molecule has 0 bridgehead atoms. The molecule has 0 unspecified atom stereocenters. The normalized spacial score (nSPS) is 13.1. The van der Waals surface area contributed by atoms with Crippen molar-refractivity contribution < 1.29 is 32.3 Å². The molecular weight excluding hydrogens is 397 g/mol. The molecule has 1 aliphatic rings. The Morgan fingerprint density at radius 3 is 2.43 bits per heavy atom. The van der Waals surface area contributed by atoms with Crippen LogP contribution in [-0.2, 0) is 28.5 Å². The number of hydrogen-bond acceptors (Lipinski definition) is 5. The topological polar surface area (TPSA) is 98.5 Å². The Hall–Kier alpha value is -2.88. The van der Waals surface area contributed by atoms with Crippen LogP contribution in [0.4, 0.5) is 18.2 Å². The maximum absolute atomic E-state index is 12.5. The zero-order chi connectivity index (χ0) is 20.5. The van der Waals surface area contributed by atoms with E-state index >= 15 is 0 Å². The lowest BCUT2D eigenvalue weighted by molar-refractivity contribution is -0.137. The summed E-state index contributed by atoms with van der Waals surface area (Å²) in [6.45, 7) is -0.652. The number of primary amides is 1. The van der Waals surface area contributed by atoms with Crippen LogP contribution < -0.4 is 11.1 Å². The Labute approximate surface area is 161 Å². The number of ether oxygens (including phenoxy) is 1. The highest BCUT2D eigenvalue weighted by molar-refractivity contribution is 7.17. The molecule has 1 heterocycles. The fourth-order valence-electron chi connectivity index (χ4n) is 2.93. The van der Waals surface area contributed by atoms with Gasteiger partial charge in [-0.05, 0) is 49.1 Å². The van der Waals surface area contributed by atoms with Crippen molar-refractivity contribution in [1.82, 2.24) is 0 Å². The first kappa shape index (κ1) is 19.9. The third-order valence-electron chi connectivity index (χ3n) is 4.20. The number of carbonyl (C=O) groups excluding carboxylic acids is 3. The number of esters is 1. The monoisotopic (exact) mass is 412 g/mol. The number of aryl methyl sites for hydroxylation is 1. The maximum Gasteiger partial charge on any atom is 0.416 e. The molecule has 0 radical (unpaired) electrons. The predicted molar refractivity (Wildman–Crippen MR) is 95.2 cm³/mol. The SMILES string of the molecule is NC(=O)c1c(NC(=O)COC(=O)c2ccc(C(F)(F)F)cc2)sc2c1CCC2. The van der Waals surface area contributed by atoms with Crippen molar-refractivity contribution in [3.05, 3.63) is 51.4 Å². The fourth-order valence-corrected chi connectivity index (χ4v) is 4.24. The standard InChI is InChI=1S/C18H15F3N2O4S/c19-18(20,21)10-6-4-9(5-7-10)17(26)27-8-13(24)23-16-14(15(22)25)11-2-1-3-12(11)28-16/h4-7H,1-3,8H2,(H2,22,25)(H,23,24). The highest BCUT2D eigenvalue weighted by atomic mass is 32.1. The summed E-state index contributed by atoms with van der Waals surface area (Å²) in [4.78, 5) is 36.6. The average molecular weight is 412 g/mol. The van der Waals surface area contributed by atoms with Gasteiger partial charge >= 0.3 is 12.1 Å². The molecule has 3 N–H and O–H groups in total. The number of hydrogen-bond donors (Lipinski definition) is 2. The van der Waals surface area contributed by atoms with Crippen molar-refractivity contribution in [2.75, 3.05) is 11.9 Å². The number of rotatable bonds is 5. The van der Waals surface area contributed by atoms with Crippen molar-refractivity contribution in [3.63, 3.8) is 0 Å². The summed E-state index contributed by atoms with van der Waals surface area (Å²) in [7, 11) is 0. The quantitative estimate of drug-likeness (QED) is 0.737. The first-order valence-electron chi connectivity index (χ1n) is 8.25. The molecule has 1 aromatic carbocycles. The highest BCUT2D eigenvalue weighted by Crippen LogP contribution is 2.38. The minimum absolute atomic E-state index is 0.117. The van der Waals surface area contributed by atoms with Gasteiger partial charge in [0.25, 0.3) is 11.8 Å². The van der Waals surface area contributed by atoms with Gasteiger partial charge < -0.3 is 15.8 Å². The first-order valence-corrected chi connectivity index (χ1v) is 9.07. The molecule has 0 fully saturated rings. The first-order chi connectivity index (χ1) is 13.2. The van der Waals surface area contributed by atoms with E-state index in [9.17, 15) is 27.6 Å². The Morgan fingerprint density at radius 2 is 1.82 bits per heavy atom. The van der Waals surface area contributed by atoms with Gasteiger partial charge in [-0.1, -0.05) is 0 Å². The Bertz CT molecular complexity index is 936. The minimum atomic E-state index is -4.51. The van der Waals surface area contributed by atoms with Crippen LogP contribution in [0.2, 0.25) is 0 Å². The van der Waals surface area contributed by atoms with Crippen LogP contribution in [-0.4, -0.2) is 24.4 Å². The summed E-state index contributed by atoms with van der Waals surface area (Å²) in [6, 6.07) is 3.45. The second kappa shape index (κ2) is 7.63. The van der Waals surface area contributed by atoms with Crippen LogP contribution in [0.1, 0.15) is 43.1 Å². The van der Waals surface area contributed by atoms with Gasteiger partial charge in [-0.2, -0.15) is 13.2 Å². The molecule has 3 rings (SSSR count). The lowest BCUT2D eigenvalue weighted by Gasteiger charge is -2.09. The second-order valence-corrected chi connectivity index (χ2v) is 7.23. The van der Waals surface area contributed by atoms with Crippen LogP contribution in [0.15, 0.2) is 24.3 Å². The van der Waals surface area contributed by atoms with Crippen LogP contribution >= 0.6 is 11.3 Å². The fraction of sp³-hybridized carbons (Fsp3) is 0.278. The van der Waals surface area contributed by atoms with E-state index in [1.165, 1.54) is 11.3 Å². The van der Waals surface area contributed by atoms with Gasteiger partial charge in [-0.25, -0.2) is 4.79 Å². The predicted octanol–water partition coefficient (Wildman–Crippen LogP) is 3.15. The van der Waals surface area contributed by atoms with Gasteiger partial charge in [0.2, 0.25) is 0 Å². The molecule has 0 atom stereocenters. The van der Waals surface area contributed by atoms with Gasteiger partial charge in [0.1, 0.15) is 5.00 Å². The van der Waals surface area contributed by atoms with Gasteiger partial charge in [-0.3, -0.25) is 9.59 Å². The second-order valence-electron chi connectivity index (χ2n) is 6.13. The largest absolute Gasteiger partial charge is 0.452 e. The summed E-state index contributed by atoms with van der Waals surface area (Å²) >= 11 is 1.26. The van der Waals surface area contributed by atoms with Crippen molar-refractivity contribution in [1.29, 1.82) is 0 Å². The molecule has 0 saturated heterocycles. The van der Waals surface area contributed by atoms with Crippen LogP contribution in [0.5, 0.6) is 0 Å². The Balaban J connectivity index is 1.60. The van der Waals surface area contributed by atoms with E-state index in [0.29, 0.717) is 11.4 Å². The number of nitrogens with two attached hydrogens (primary N) is 1. The summed E-state index contributed by atoms with van der Waals surface area (Å²) in [6.07, 6.45) is -2.08. The van der Waals surface area contributed by atoms with E-state index in [-0.39, 0.29) is 11.1 Å². The summed E-state index contributed by atoms with van der Waals surface area (Å²) in [5.41, 5.74) is 5.51. The third-order valence-corrected chi connectivity index (χ3v) is 5.41. The molecule has 28 heavy (non-hydrogen) atoms. The average Bonchev–Trinajstić information content (AvgIpc) is 3.19. The lowest BCUT2D eigenvalue weighted by Crippen LogP contribution is -2.22. The number of alkyl halides is 3. The number of anilines is 1. The Morgan fingerprint density at radius 1 is 1.14 bits per heavy atom. The number of benzene rings is 1. The molecule has 2 aromatic rings. The van der Waals surface area contributed by atoms with E-state index in [0.717, 1.165) is 47.5 Å². The molecule has 1 aromatic heterocycles. The van der Waals surface area contributed by atoms with Gasteiger partial charge in [-0.15, -0.1) is 11.3 Å². The van der Waals surface area contributed by atoms with E-state index in [2.05, 4.69) is 5.32 Å². The molecule has 2 amide bonds. The van der Waals surface area contributed by atoms with Crippen LogP contribution in [0.25, 0.3) is 0 Å². The highest BCUT2D eigenvalue weighted by Gasteiger charge is 2.30. The molecule has 1 aliphatic carbocycles. The zero-order valence-electron chi connectivity index (χ0n) is 14.4. The lowest BCUT2D eigenvalue weighted by atomic mass is 10.1. The Kier molecular flexibility index (Phi) is 5.41. The number of nitrogens with one attached hydrogen (secondary N) is 1. The summed E-state index contributed by atoms with van der Waals surface area (Å²) in [5.74, 6) is -2.26. The number of amides is 2. The molecule has 0 spiro atoms. The summed E-state index contributed by atoms with van der Waals surface area (Å²) < 4.78 is 42.4. The van der Waals surface area contributed by atoms with E-state index < -0.39 is 36.1 Å². The number of carbonyl (C=O) groups is 3. The zero-order valence-corrected chi connectivity index (χ0v) is 15.2. The van der Waals surface area contributed by atoms with Crippen molar-refractivity contribution in [3.8, 4) is 0 Å². The van der Waals surface area contributed by atoms with Gasteiger partial charge in [0, 0.05) is 4.88 Å². The molecule has 0 aliphatic heterocycles. The maximum atomic E-state index is 12.5. The molecule has 10 heteroatoms. The van der Waals surface area contributed by atoms with Gasteiger partial charge in [0.15, 0.2) is 6.61 Å².